The van der Waals surface area contributed by atoms with Crippen LogP contribution in [0.4, 0.5) is 68.2 Å². The molecular formula is C78H52N10. The number of nitrogens with zero attached hydrogens (tertiary/aromatic N) is 10. The summed E-state index contributed by atoms with van der Waals surface area (Å²) in [5.41, 5.74) is 19.0. The quantitative estimate of drug-likeness (QED) is 0.125. The Kier molecular flexibility index (Phi) is 12.9. The molecule has 2 aromatic heterocycles. The van der Waals surface area contributed by atoms with Crippen molar-refractivity contribution in [2.45, 2.75) is 0 Å². The number of fused-ring (bicyclic) bond motifs is 4. The first-order valence-electron chi connectivity index (χ1n) is 29.4. The second kappa shape index (κ2) is 22.1. The minimum atomic E-state index is 0.522. The molecular weight excluding hydrogens is 1080 g/mol. The van der Waals surface area contributed by atoms with Gasteiger partial charge in [0, 0.05) is 56.1 Å². The zero-order valence-corrected chi connectivity index (χ0v) is 47.5. The van der Waals surface area contributed by atoms with E-state index in [4.69, 9.17) is 29.9 Å². The summed E-state index contributed by atoms with van der Waals surface area (Å²) in [6.07, 6.45) is 0. The van der Waals surface area contributed by atoms with Crippen molar-refractivity contribution in [1.29, 1.82) is 0 Å². The molecule has 0 atom stereocenters. The molecule has 0 saturated heterocycles. The fourth-order valence-electron chi connectivity index (χ4n) is 12.1. The maximum Gasteiger partial charge on any atom is 0.164 e. The molecule has 12 aromatic carbocycles. The van der Waals surface area contributed by atoms with Crippen molar-refractivity contribution in [3.63, 3.8) is 0 Å². The highest BCUT2D eigenvalue weighted by molar-refractivity contribution is 6.04. The summed E-state index contributed by atoms with van der Waals surface area (Å²) >= 11 is 0. The Labute approximate surface area is 510 Å². The van der Waals surface area contributed by atoms with E-state index in [1.165, 1.54) is 0 Å². The van der Waals surface area contributed by atoms with Crippen LogP contribution in [0.1, 0.15) is 0 Å². The van der Waals surface area contributed by atoms with Crippen LogP contribution in [0.3, 0.4) is 0 Å². The molecule has 88 heavy (non-hydrogen) atoms. The van der Waals surface area contributed by atoms with E-state index < -0.39 is 0 Å². The lowest BCUT2D eigenvalue weighted by atomic mass is 9.96. The maximum atomic E-state index is 5.39. The average Bonchev–Trinajstić information content (AvgIpc) is 0.986. The second-order valence-corrected chi connectivity index (χ2v) is 21.6. The first kappa shape index (κ1) is 51.5. The fraction of sp³-hybridized carbons (Fsp3) is 0. The molecule has 414 valence electrons. The van der Waals surface area contributed by atoms with E-state index in [0.717, 1.165) is 113 Å². The summed E-state index contributed by atoms with van der Waals surface area (Å²) in [7, 11) is 0. The molecule has 0 aliphatic carbocycles. The molecule has 0 unspecified atom stereocenters. The lowest BCUT2D eigenvalue weighted by molar-refractivity contribution is 1.07. The Morgan fingerprint density at radius 3 is 0.568 bits per heavy atom. The molecule has 0 spiro atoms. The van der Waals surface area contributed by atoms with Crippen LogP contribution in [-0.4, -0.2) is 29.9 Å². The van der Waals surface area contributed by atoms with E-state index in [-0.39, 0.29) is 0 Å². The molecule has 2 aliphatic heterocycles. The highest BCUT2D eigenvalue weighted by atomic mass is 15.3. The van der Waals surface area contributed by atoms with Gasteiger partial charge in [0.1, 0.15) is 0 Å². The van der Waals surface area contributed by atoms with Crippen molar-refractivity contribution >= 4 is 68.2 Å². The summed E-state index contributed by atoms with van der Waals surface area (Å²) in [5, 5.41) is 0. The maximum absolute atomic E-state index is 5.39. The van der Waals surface area contributed by atoms with Crippen LogP contribution in [-0.2, 0) is 0 Å². The molecule has 4 heterocycles. The molecule has 16 rings (SSSR count). The summed E-state index contributed by atoms with van der Waals surface area (Å²) < 4.78 is 0. The van der Waals surface area contributed by atoms with Gasteiger partial charge in [-0.2, -0.15) is 0 Å². The van der Waals surface area contributed by atoms with E-state index in [2.05, 4.69) is 214 Å². The highest BCUT2D eigenvalue weighted by Crippen LogP contribution is 2.57. The number of benzene rings is 12. The van der Waals surface area contributed by atoms with E-state index in [1.54, 1.807) is 0 Å². The van der Waals surface area contributed by atoms with Gasteiger partial charge in [-0.1, -0.05) is 206 Å². The minimum Gasteiger partial charge on any atom is -0.306 e. The third-order valence-corrected chi connectivity index (χ3v) is 16.1. The van der Waals surface area contributed by atoms with Gasteiger partial charge in [0.25, 0.3) is 0 Å². The Balaban J connectivity index is 0.982. The summed E-state index contributed by atoms with van der Waals surface area (Å²) in [4.78, 5) is 41.3. The smallest absolute Gasteiger partial charge is 0.164 e. The van der Waals surface area contributed by atoms with E-state index >= 15 is 0 Å². The van der Waals surface area contributed by atoms with Crippen molar-refractivity contribution in [3.05, 3.63) is 315 Å². The topological polar surface area (TPSA) is 90.3 Å². The molecule has 2 aliphatic rings. The number of aromatic nitrogens is 6. The van der Waals surface area contributed by atoms with Crippen LogP contribution < -0.4 is 19.6 Å². The van der Waals surface area contributed by atoms with E-state index in [0.29, 0.717) is 34.9 Å². The second-order valence-electron chi connectivity index (χ2n) is 21.6. The predicted molar refractivity (Wildman–Crippen MR) is 357 cm³/mol. The molecule has 14 aromatic rings. The van der Waals surface area contributed by atoms with Crippen molar-refractivity contribution in [1.82, 2.24) is 29.9 Å². The third kappa shape index (κ3) is 9.43. The Hall–Kier alpha value is -12.1. The van der Waals surface area contributed by atoms with Crippen LogP contribution in [0.5, 0.6) is 0 Å². The van der Waals surface area contributed by atoms with Gasteiger partial charge in [0.15, 0.2) is 34.9 Å². The molecule has 10 nitrogen and oxygen atoms in total. The van der Waals surface area contributed by atoms with E-state index in [9.17, 15) is 0 Å². The highest BCUT2D eigenvalue weighted by Gasteiger charge is 2.33. The third-order valence-electron chi connectivity index (χ3n) is 16.1. The molecule has 0 bridgehead atoms. The van der Waals surface area contributed by atoms with Gasteiger partial charge in [-0.15, -0.1) is 0 Å². The van der Waals surface area contributed by atoms with Crippen molar-refractivity contribution in [2.24, 2.45) is 0 Å². The number of rotatable bonds is 11. The zero-order valence-electron chi connectivity index (χ0n) is 47.5. The molecule has 0 saturated carbocycles. The predicted octanol–water partition coefficient (Wildman–Crippen LogP) is 20.2. The molecule has 10 heteroatoms. The SMILES string of the molecule is c1ccc(-c2nc(-c3ccccc3)nc(-c3cc(-c4cc(-c5nc(-c6ccccc6)nc(-c6ccccc6)n5)cc(N5c6ccccc6N(c6ccccc6)c6ccccc65)c4)cc(N4c5ccccc5N(c5ccccc5)c5ccccc54)c3)n2)cc1. The van der Waals surface area contributed by atoms with Gasteiger partial charge in [0.05, 0.1) is 45.5 Å². The normalized spacial score (nSPS) is 12.2. The van der Waals surface area contributed by atoms with Crippen molar-refractivity contribution in [2.75, 3.05) is 19.6 Å². The summed E-state index contributed by atoms with van der Waals surface area (Å²) in [5.74, 6) is 3.32. The Bertz CT molecular complexity index is 4360. The first-order chi connectivity index (χ1) is 43.6. The molecule has 0 N–H and O–H groups in total. The van der Waals surface area contributed by atoms with Gasteiger partial charge in [0.2, 0.25) is 0 Å². The fourth-order valence-corrected chi connectivity index (χ4v) is 12.1. The number of hydrogen-bond donors (Lipinski definition) is 0. The van der Waals surface area contributed by atoms with Gasteiger partial charge >= 0.3 is 0 Å². The number of para-hydroxylation sites is 10. The molecule has 0 fully saturated rings. The average molecular weight is 1130 g/mol. The number of hydrogen-bond acceptors (Lipinski definition) is 10. The minimum absolute atomic E-state index is 0.522. The Morgan fingerprint density at radius 1 is 0.148 bits per heavy atom. The van der Waals surface area contributed by atoms with Gasteiger partial charge < -0.3 is 19.6 Å². The number of anilines is 12. The lowest BCUT2D eigenvalue weighted by Gasteiger charge is -2.40. The van der Waals surface area contributed by atoms with Crippen LogP contribution in [0.15, 0.2) is 315 Å². The molecule has 0 radical (unpaired) electrons. The van der Waals surface area contributed by atoms with E-state index in [1.807, 2.05) is 121 Å². The summed E-state index contributed by atoms with van der Waals surface area (Å²) in [6, 6.07) is 110. The monoisotopic (exact) mass is 1130 g/mol. The lowest BCUT2D eigenvalue weighted by Crippen LogP contribution is -2.24. The Morgan fingerprint density at radius 2 is 0.330 bits per heavy atom. The largest absolute Gasteiger partial charge is 0.306 e. The summed E-state index contributed by atoms with van der Waals surface area (Å²) in [6.45, 7) is 0. The first-order valence-corrected chi connectivity index (χ1v) is 29.4. The van der Waals surface area contributed by atoms with Crippen LogP contribution in [0.2, 0.25) is 0 Å². The van der Waals surface area contributed by atoms with Crippen LogP contribution in [0.25, 0.3) is 79.5 Å². The molecule has 0 amide bonds. The van der Waals surface area contributed by atoms with Crippen LogP contribution in [0, 0.1) is 0 Å². The standard InChI is InChI=1S/C78H52N10/c1-7-27-53(28-8-1)73-79-74(54-29-9-2-10-30-54)82-77(81-73)59-47-57(49-63(51-59)87-69-43-23-19-39-65(69)85(61-35-15-5-16-36-61)66-40-20-24-44-70(66)87)58-48-60(78-83-75(55-31-11-3-12-32-55)80-76(84-78)56-33-13-4-14-34-56)52-64(50-58)88-71-45-25-21-41-67(71)86(62-37-17-6-18-38-62)68-42-22-26-46-72(68)88/h1-52H. The van der Waals surface area contributed by atoms with Crippen molar-refractivity contribution in [3.8, 4) is 79.5 Å². The van der Waals surface area contributed by atoms with Gasteiger partial charge in [-0.05, 0) is 120 Å². The van der Waals surface area contributed by atoms with Crippen molar-refractivity contribution < 1.29 is 0 Å². The van der Waals surface area contributed by atoms with Gasteiger partial charge in [-0.25, -0.2) is 29.9 Å². The zero-order chi connectivity index (χ0) is 58.3. The van der Waals surface area contributed by atoms with Gasteiger partial charge in [-0.3, -0.25) is 0 Å². The van der Waals surface area contributed by atoms with Crippen LogP contribution >= 0.6 is 0 Å².